The van der Waals surface area contributed by atoms with E-state index in [4.69, 9.17) is 4.74 Å². The van der Waals surface area contributed by atoms with Crippen LogP contribution in [0.15, 0.2) is 42.5 Å². The molecule has 0 fully saturated rings. The molecule has 1 aromatic heterocycles. The summed E-state index contributed by atoms with van der Waals surface area (Å²) in [6.45, 7) is 3.82. The van der Waals surface area contributed by atoms with Gasteiger partial charge in [-0.2, -0.15) is 0 Å². The molecule has 1 nitrogen and oxygen atoms in total. The van der Waals surface area contributed by atoms with Gasteiger partial charge in [0, 0.05) is 4.88 Å². The zero-order valence-corrected chi connectivity index (χ0v) is 7.88. The van der Waals surface area contributed by atoms with Crippen molar-refractivity contribution in [2.45, 2.75) is 0 Å². The second kappa shape index (κ2) is 3.62. The van der Waals surface area contributed by atoms with E-state index < -0.39 is 0 Å². The van der Waals surface area contributed by atoms with E-state index in [1.54, 1.807) is 11.3 Å². The Balaban J connectivity index is 2.15. The lowest BCUT2D eigenvalue weighted by Gasteiger charge is -2.00. The third kappa shape index (κ3) is 2.10. The summed E-state index contributed by atoms with van der Waals surface area (Å²) in [5.41, 5.74) is 0. The second-order valence-electron chi connectivity index (χ2n) is 2.64. The smallest absolute Gasteiger partial charge is 0.181 e. The molecule has 0 amide bonds. The van der Waals surface area contributed by atoms with Crippen molar-refractivity contribution in [2.75, 3.05) is 0 Å². The van der Waals surface area contributed by atoms with Crippen molar-refractivity contribution in [3.05, 3.63) is 54.3 Å². The minimum absolute atomic E-state index is 0.865. The Morgan fingerprint density at radius 1 is 1.00 bits per heavy atom. The topological polar surface area (TPSA) is 9.23 Å². The number of para-hydroxylation sites is 1. The predicted octanol–water partition coefficient (Wildman–Crippen LogP) is 3.72. The van der Waals surface area contributed by atoms with Crippen LogP contribution in [0.1, 0.15) is 4.88 Å². The van der Waals surface area contributed by atoms with Gasteiger partial charge in [0.2, 0.25) is 0 Å². The number of thiophene rings is 1. The van der Waals surface area contributed by atoms with Crippen molar-refractivity contribution in [2.24, 2.45) is 0 Å². The average molecular weight is 189 g/mol. The van der Waals surface area contributed by atoms with Crippen molar-refractivity contribution in [3.8, 4) is 10.8 Å². The van der Waals surface area contributed by atoms with E-state index in [2.05, 4.69) is 6.92 Å². The zero-order valence-electron chi connectivity index (χ0n) is 7.07. The molecule has 0 spiro atoms. The highest BCUT2D eigenvalue weighted by molar-refractivity contribution is 7.14. The molecule has 0 saturated heterocycles. The molecular weight excluding hydrogens is 180 g/mol. The molecule has 2 aromatic rings. The molecule has 0 atom stereocenters. The molecule has 2 heteroatoms. The minimum atomic E-state index is 0.865. The van der Waals surface area contributed by atoms with Gasteiger partial charge in [-0.1, -0.05) is 18.2 Å². The first kappa shape index (κ1) is 8.32. The molecule has 1 heterocycles. The Morgan fingerprint density at radius 3 is 2.38 bits per heavy atom. The largest absolute Gasteiger partial charge is 0.447 e. The Kier molecular flexibility index (Phi) is 2.32. The van der Waals surface area contributed by atoms with Crippen LogP contribution in [0.5, 0.6) is 10.8 Å². The third-order valence-electron chi connectivity index (χ3n) is 1.60. The van der Waals surface area contributed by atoms with Gasteiger partial charge in [0.25, 0.3) is 0 Å². The van der Waals surface area contributed by atoms with E-state index in [1.807, 2.05) is 42.5 Å². The Labute approximate surface area is 81.6 Å². The normalized spacial score (nSPS) is 9.92. The number of rotatable bonds is 2. The molecule has 0 unspecified atom stereocenters. The van der Waals surface area contributed by atoms with Crippen molar-refractivity contribution < 1.29 is 4.74 Å². The van der Waals surface area contributed by atoms with Crippen molar-refractivity contribution in [1.29, 1.82) is 0 Å². The van der Waals surface area contributed by atoms with Crippen LogP contribution in [-0.2, 0) is 0 Å². The predicted molar refractivity (Wildman–Crippen MR) is 55.3 cm³/mol. The lowest BCUT2D eigenvalue weighted by Crippen LogP contribution is -1.77. The van der Waals surface area contributed by atoms with Gasteiger partial charge in [0.15, 0.2) is 5.06 Å². The van der Waals surface area contributed by atoms with Crippen molar-refractivity contribution >= 4 is 11.3 Å². The summed E-state index contributed by atoms with van der Waals surface area (Å²) in [5, 5.41) is 0.885. The molecular formula is C11H9OS. The van der Waals surface area contributed by atoms with Gasteiger partial charge in [-0.05, 0) is 31.2 Å². The van der Waals surface area contributed by atoms with Gasteiger partial charge in [-0.15, -0.1) is 11.3 Å². The lowest BCUT2D eigenvalue weighted by molar-refractivity contribution is 0.496. The molecule has 1 radical (unpaired) electrons. The maximum atomic E-state index is 5.58. The fourth-order valence-corrected chi connectivity index (χ4v) is 1.69. The van der Waals surface area contributed by atoms with E-state index in [0.29, 0.717) is 0 Å². The summed E-state index contributed by atoms with van der Waals surface area (Å²) in [4.78, 5) is 1.02. The van der Waals surface area contributed by atoms with Gasteiger partial charge in [0.05, 0.1) is 0 Å². The highest BCUT2D eigenvalue weighted by Gasteiger charge is 1.97. The lowest BCUT2D eigenvalue weighted by atomic mass is 10.3. The van der Waals surface area contributed by atoms with Gasteiger partial charge >= 0.3 is 0 Å². The summed E-state index contributed by atoms with van der Waals surface area (Å²) in [6, 6.07) is 13.6. The highest BCUT2D eigenvalue weighted by atomic mass is 32.1. The van der Waals surface area contributed by atoms with Crippen LogP contribution in [0.2, 0.25) is 0 Å². The van der Waals surface area contributed by atoms with E-state index in [-0.39, 0.29) is 0 Å². The Morgan fingerprint density at radius 2 is 1.77 bits per heavy atom. The number of hydrogen-bond acceptors (Lipinski definition) is 2. The number of benzene rings is 1. The van der Waals surface area contributed by atoms with Gasteiger partial charge in [-0.3, -0.25) is 0 Å². The molecule has 0 aliphatic heterocycles. The standard InChI is InChI=1S/C11H9OS/c1-9-7-8-11(13-9)12-10-5-3-2-4-6-10/h2-8H,1H2. The van der Waals surface area contributed by atoms with E-state index in [9.17, 15) is 0 Å². The molecule has 0 bridgehead atoms. The second-order valence-corrected chi connectivity index (χ2v) is 3.77. The first-order valence-electron chi connectivity index (χ1n) is 3.99. The number of hydrogen-bond donors (Lipinski definition) is 0. The first-order valence-corrected chi connectivity index (χ1v) is 4.81. The van der Waals surface area contributed by atoms with Crippen LogP contribution < -0.4 is 4.74 Å². The molecule has 0 aliphatic carbocycles. The van der Waals surface area contributed by atoms with Crippen molar-refractivity contribution in [3.63, 3.8) is 0 Å². The summed E-state index contributed by atoms with van der Waals surface area (Å²) in [7, 11) is 0. The first-order chi connectivity index (χ1) is 6.34. The van der Waals surface area contributed by atoms with Gasteiger partial charge < -0.3 is 4.74 Å². The summed E-state index contributed by atoms with van der Waals surface area (Å²) >= 11 is 1.55. The van der Waals surface area contributed by atoms with Crippen LogP contribution >= 0.6 is 11.3 Å². The van der Waals surface area contributed by atoms with Gasteiger partial charge in [0.1, 0.15) is 5.75 Å². The Bertz CT molecular complexity index is 378. The van der Waals surface area contributed by atoms with Crippen LogP contribution in [0.3, 0.4) is 0 Å². The quantitative estimate of drug-likeness (QED) is 0.699. The minimum Gasteiger partial charge on any atom is -0.447 e. The molecule has 1 aromatic carbocycles. The van der Waals surface area contributed by atoms with Crippen LogP contribution in [-0.4, -0.2) is 0 Å². The van der Waals surface area contributed by atoms with Crippen LogP contribution in [0.4, 0.5) is 0 Å². The van der Waals surface area contributed by atoms with Gasteiger partial charge in [-0.25, -0.2) is 0 Å². The maximum absolute atomic E-state index is 5.58. The SMILES string of the molecule is [CH2]c1ccc(Oc2ccccc2)s1. The zero-order chi connectivity index (χ0) is 9.10. The molecule has 65 valence electrons. The maximum Gasteiger partial charge on any atom is 0.181 e. The molecule has 13 heavy (non-hydrogen) atoms. The van der Waals surface area contributed by atoms with E-state index in [1.165, 1.54) is 0 Å². The Hall–Kier alpha value is -1.28. The monoisotopic (exact) mass is 189 g/mol. The van der Waals surface area contributed by atoms with Crippen LogP contribution in [0.25, 0.3) is 0 Å². The number of ether oxygens (including phenoxy) is 1. The molecule has 0 aliphatic rings. The molecule has 0 N–H and O–H groups in total. The fraction of sp³-hybridized carbons (Fsp3) is 0. The van der Waals surface area contributed by atoms with Crippen molar-refractivity contribution in [1.82, 2.24) is 0 Å². The van der Waals surface area contributed by atoms with E-state index >= 15 is 0 Å². The fourth-order valence-electron chi connectivity index (χ4n) is 1.02. The molecule has 0 saturated carbocycles. The average Bonchev–Trinajstić information content (AvgIpc) is 2.53. The third-order valence-corrected chi connectivity index (χ3v) is 2.42. The van der Waals surface area contributed by atoms with Crippen LogP contribution in [0, 0.1) is 6.92 Å². The summed E-state index contributed by atoms with van der Waals surface area (Å²) < 4.78 is 5.58. The highest BCUT2D eigenvalue weighted by Crippen LogP contribution is 2.28. The summed E-state index contributed by atoms with van der Waals surface area (Å²) in [6.07, 6.45) is 0. The molecule has 2 rings (SSSR count). The summed E-state index contributed by atoms with van der Waals surface area (Å²) in [5.74, 6) is 0.865. The van der Waals surface area contributed by atoms with E-state index in [0.717, 1.165) is 15.7 Å².